The standard InChI is InChI=1S/C19H12OS/c20-19-16-7-3-1-5-14(16)18(11-13-9-10-21-12-13)15-6-2-4-8-17(15)19/h1-12H. The minimum Gasteiger partial charge on any atom is -0.289 e. The van der Waals surface area contributed by atoms with Crippen LogP contribution in [0, 0.1) is 0 Å². The van der Waals surface area contributed by atoms with Gasteiger partial charge in [0.05, 0.1) is 0 Å². The van der Waals surface area contributed by atoms with Crippen molar-refractivity contribution in [3.63, 3.8) is 0 Å². The largest absolute Gasteiger partial charge is 0.289 e. The van der Waals surface area contributed by atoms with E-state index < -0.39 is 0 Å². The van der Waals surface area contributed by atoms with E-state index in [9.17, 15) is 4.79 Å². The van der Waals surface area contributed by atoms with Crippen molar-refractivity contribution >= 4 is 28.8 Å². The van der Waals surface area contributed by atoms with Gasteiger partial charge in [-0.25, -0.2) is 0 Å². The minimum atomic E-state index is 0.115. The molecule has 0 radical (unpaired) electrons. The number of carbonyl (C=O) groups excluding carboxylic acids is 1. The lowest BCUT2D eigenvalue weighted by atomic mass is 9.81. The maximum atomic E-state index is 12.6. The number of thiophene rings is 1. The first-order chi connectivity index (χ1) is 10.3. The number of rotatable bonds is 1. The third kappa shape index (κ3) is 1.96. The number of hydrogen-bond acceptors (Lipinski definition) is 2. The molecule has 0 atom stereocenters. The average molecular weight is 288 g/mol. The summed E-state index contributed by atoms with van der Waals surface area (Å²) in [6.07, 6.45) is 2.17. The zero-order valence-electron chi connectivity index (χ0n) is 11.2. The molecule has 1 aliphatic rings. The van der Waals surface area contributed by atoms with Crippen LogP contribution in [0.4, 0.5) is 0 Å². The summed E-state index contributed by atoms with van der Waals surface area (Å²) in [5, 5.41) is 4.19. The Morgan fingerprint density at radius 3 is 1.86 bits per heavy atom. The second-order valence-electron chi connectivity index (χ2n) is 5.03. The van der Waals surface area contributed by atoms with Gasteiger partial charge in [-0.2, -0.15) is 11.3 Å². The number of fused-ring (bicyclic) bond motifs is 2. The third-order valence-corrected chi connectivity index (χ3v) is 4.48. The third-order valence-electron chi connectivity index (χ3n) is 3.78. The summed E-state index contributed by atoms with van der Waals surface area (Å²) in [6.45, 7) is 0. The van der Waals surface area contributed by atoms with Crippen molar-refractivity contribution in [3.05, 3.63) is 93.2 Å². The highest BCUT2D eigenvalue weighted by molar-refractivity contribution is 7.08. The number of benzene rings is 2. The monoisotopic (exact) mass is 288 g/mol. The van der Waals surface area contributed by atoms with Gasteiger partial charge in [-0.1, -0.05) is 48.5 Å². The van der Waals surface area contributed by atoms with Gasteiger partial charge in [-0.3, -0.25) is 4.79 Å². The van der Waals surface area contributed by atoms with E-state index in [1.807, 2.05) is 48.5 Å². The van der Waals surface area contributed by atoms with Crippen molar-refractivity contribution in [2.45, 2.75) is 0 Å². The molecule has 1 aromatic heterocycles. The van der Waals surface area contributed by atoms with Crippen LogP contribution < -0.4 is 0 Å². The summed E-state index contributed by atoms with van der Waals surface area (Å²) >= 11 is 1.68. The molecule has 0 fully saturated rings. The molecule has 1 nitrogen and oxygen atoms in total. The predicted octanol–water partition coefficient (Wildman–Crippen LogP) is 4.88. The molecule has 0 N–H and O–H groups in total. The molecule has 0 bridgehead atoms. The van der Waals surface area contributed by atoms with Crippen LogP contribution in [-0.4, -0.2) is 5.78 Å². The Morgan fingerprint density at radius 2 is 1.33 bits per heavy atom. The highest BCUT2D eigenvalue weighted by Crippen LogP contribution is 2.37. The normalized spacial score (nSPS) is 12.8. The van der Waals surface area contributed by atoms with Gasteiger partial charge >= 0.3 is 0 Å². The molecule has 0 unspecified atom stereocenters. The topological polar surface area (TPSA) is 17.1 Å². The van der Waals surface area contributed by atoms with Crippen LogP contribution in [0.1, 0.15) is 32.6 Å². The lowest BCUT2D eigenvalue weighted by Crippen LogP contribution is -2.14. The molecule has 100 valence electrons. The van der Waals surface area contributed by atoms with E-state index in [-0.39, 0.29) is 5.78 Å². The van der Waals surface area contributed by atoms with E-state index >= 15 is 0 Å². The van der Waals surface area contributed by atoms with Crippen LogP contribution in [0.3, 0.4) is 0 Å². The first-order valence-electron chi connectivity index (χ1n) is 6.82. The first kappa shape index (κ1) is 12.3. The Morgan fingerprint density at radius 1 is 0.762 bits per heavy atom. The molecular formula is C19H12OS. The predicted molar refractivity (Wildman–Crippen MR) is 87.6 cm³/mol. The Bertz CT molecular complexity index is 805. The van der Waals surface area contributed by atoms with Crippen molar-refractivity contribution in [2.24, 2.45) is 0 Å². The van der Waals surface area contributed by atoms with Gasteiger partial charge < -0.3 is 0 Å². The van der Waals surface area contributed by atoms with Crippen molar-refractivity contribution in [3.8, 4) is 0 Å². The van der Waals surface area contributed by atoms with Crippen LogP contribution in [0.15, 0.2) is 65.4 Å². The average Bonchev–Trinajstić information content (AvgIpc) is 3.04. The second kappa shape index (κ2) is 4.83. The highest BCUT2D eigenvalue weighted by Gasteiger charge is 2.25. The maximum Gasteiger partial charge on any atom is 0.194 e. The number of ketones is 1. The van der Waals surface area contributed by atoms with E-state index in [1.54, 1.807) is 11.3 Å². The minimum absolute atomic E-state index is 0.115. The number of carbonyl (C=O) groups is 1. The molecule has 3 aromatic rings. The van der Waals surface area contributed by atoms with Gasteiger partial charge in [0, 0.05) is 11.1 Å². The quantitative estimate of drug-likeness (QED) is 0.488. The van der Waals surface area contributed by atoms with E-state index in [4.69, 9.17) is 0 Å². The van der Waals surface area contributed by atoms with E-state index in [0.29, 0.717) is 0 Å². The van der Waals surface area contributed by atoms with Gasteiger partial charge in [-0.05, 0) is 45.2 Å². The summed E-state index contributed by atoms with van der Waals surface area (Å²) in [4.78, 5) is 12.6. The van der Waals surface area contributed by atoms with Gasteiger partial charge in [0.2, 0.25) is 0 Å². The molecule has 1 aliphatic carbocycles. The summed E-state index contributed by atoms with van der Waals surface area (Å²) < 4.78 is 0. The van der Waals surface area contributed by atoms with Gasteiger partial charge in [0.15, 0.2) is 5.78 Å². The smallest absolute Gasteiger partial charge is 0.194 e. The number of hydrogen-bond donors (Lipinski definition) is 0. The van der Waals surface area contributed by atoms with Gasteiger partial charge in [0.1, 0.15) is 0 Å². The molecule has 4 rings (SSSR count). The second-order valence-corrected chi connectivity index (χ2v) is 5.82. The lowest BCUT2D eigenvalue weighted by Gasteiger charge is -2.21. The fraction of sp³-hybridized carbons (Fsp3) is 0. The zero-order chi connectivity index (χ0) is 14.2. The lowest BCUT2D eigenvalue weighted by molar-refractivity contribution is 0.103. The summed E-state index contributed by atoms with van der Waals surface area (Å²) in [6, 6.07) is 17.8. The van der Waals surface area contributed by atoms with E-state index in [1.165, 1.54) is 5.56 Å². The molecule has 2 aromatic carbocycles. The van der Waals surface area contributed by atoms with Crippen LogP contribution in [0.5, 0.6) is 0 Å². The van der Waals surface area contributed by atoms with E-state index in [0.717, 1.165) is 27.8 Å². The van der Waals surface area contributed by atoms with Crippen molar-refractivity contribution in [1.29, 1.82) is 0 Å². The Hall–Kier alpha value is -2.45. The Kier molecular flexibility index (Phi) is 2.83. The fourth-order valence-electron chi connectivity index (χ4n) is 2.80. The molecular weight excluding hydrogens is 276 g/mol. The summed E-state index contributed by atoms with van der Waals surface area (Å²) in [5.74, 6) is 0.115. The molecule has 21 heavy (non-hydrogen) atoms. The SMILES string of the molecule is O=C1c2ccccc2C(=Cc2ccsc2)c2ccccc21. The van der Waals surface area contributed by atoms with Crippen LogP contribution in [0.2, 0.25) is 0 Å². The van der Waals surface area contributed by atoms with Crippen molar-refractivity contribution in [1.82, 2.24) is 0 Å². The van der Waals surface area contributed by atoms with Crippen LogP contribution >= 0.6 is 11.3 Å². The maximum absolute atomic E-state index is 12.6. The molecule has 0 saturated heterocycles. The molecule has 0 spiro atoms. The van der Waals surface area contributed by atoms with Crippen LogP contribution in [-0.2, 0) is 0 Å². The van der Waals surface area contributed by atoms with Crippen LogP contribution in [0.25, 0.3) is 11.6 Å². The zero-order valence-corrected chi connectivity index (χ0v) is 12.1. The molecule has 0 aliphatic heterocycles. The fourth-order valence-corrected chi connectivity index (χ4v) is 3.42. The Balaban J connectivity index is 2.03. The molecule has 1 heterocycles. The first-order valence-corrected chi connectivity index (χ1v) is 7.76. The highest BCUT2D eigenvalue weighted by atomic mass is 32.1. The summed E-state index contributed by atoms with van der Waals surface area (Å²) in [7, 11) is 0. The summed E-state index contributed by atoms with van der Waals surface area (Å²) in [5.41, 5.74) is 5.92. The van der Waals surface area contributed by atoms with Gasteiger partial charge in [0.25, 0.3) is 0 Å². The Labute approximate surface area is 127 Å². The van der Waals surface area contributed by atoms with Crippen molar-refractivity contribution in [2.75, 3.05) is 0 Å². The molecule has 0 amide bonds. The molecule has 2 heteroatoms. The van der Waals surface area contributed by atoms with Crippen molar-refractivity contribution < 1.29 is 4.79 Å². The molecule has 0 saturated carbocycles. The van der Waals surface area contributed by atoms with Gasteiger partial charge in [-0.15, -0.1) is 0 Å². The van der Waals surface area contributed by atoms with E-state index in [2.05, 4.69) is 22.9 Å².